The Labute approximate surface area is 188 Å². The lowest BCUT2D eigenvalue weighted by Crippen LogP contribution is -2.22. The Hall–Kier alpha value is -3.26. The maximum absolute atomic E-state index is 12.9. The minimum Gasteiger partial charge on any atom is -0.325 e. The van der Waals surface area contributed by atoms with Crippen LogP contribution in [0.5, 0.6) is 0 Å². The third-order valence-corrected chi connectivity index (χ3v) is 5.61. The minimum absolute atomic E-state index is 0.0800. The maximum Gasteiger partial charge on any atom is 0.416 e. The number of hydrogen-bond donors (Lipinski definition) is 2. The van der Waals surface area contributed by atoms with E-state index in [1.165, 1.54) is 23.9 Å². The van der Waals surface area contributed by atoms with Crippen molar-refractivity contribution in [2.24, 2.45) is 0 Å². The number of amides is 2. The summed E-state index contributed by atoms with van der Waals surface area (Å²) in [6.07, 6.45) is -4.48. The van der Waals surface area contributed by atoms with Crippen molar-refractivity contribution in [1.82, 2.24) is 0 Å². The summed E-state index contributed by atoms with van der Waals surface area (Å²) in [4.78, 5) is 25.7. The van der Waals surface area contributed by atoms with E-state index < -0.39 is 22.9 Å². The normalized spacial score (nSPS) is 12.2. The average molecular weight is 459 g/mol. The molecule has 166 valence electrons. The number of rotatable bonds is 6. The highest BCUT2D eigenvalue weighted by Gasteiger charge is 2.30. The van der Waals surface area contributed by atoms with Crippen molar-refractivity contribution in [2.75, 3.05) is 10.6 Å². The van der Waals surface area contributed by atoms with E-state index in [1.807, 2.05) is 13.0 Å². The van der Waals surface area contributed by atoms with Gasteiger partial charge in [0.25, 0.3) is 5.91 Å². The minimum atomic E-state index is -4.48. The third-order valence-electron chi connectivity index (χ3n) is 4.51. The lowest BCUT2D eigenvalue weighted by atomic mass is 10.1. The van der Waals surface area contributed by atoms with E-state index in [-0.39, 0.29) is 11.6 Å². The predicted molar refractivity (Wildman–Crippen MR) is 121 cm³/mol. The summed E-state index contributed by atoms with van der Waals surface area (Å²) in [5, 5.41) is 4.77. The Morgan fingerprint density at radius 3 is 2.22 bits per heavy atom. The first kappa shape index (κ1) is 23.4. The highest BCUT2D eigenvalue weighted by atomic mass is 32.2. The van der Waals surface area contributed by atoms with Gasteiger partial charge in [-0.3, -0.25) is 9.59 Å². The van der Waals surface area contributed by atoms with Gasteiger partial charge >= 0.3 is 6.18 Å². The van der Waals surface area contributed by atoms with Crippen LogP contribution in [0.15, 0.2) is 77.7 Å². The zero-order chi connectivity index (χ0) is 23.3. The molecular weight excluding hydrogens is 437 g/mol. The van der Waals surface area contributed by atoms with E-state index in [2.05, 4.69) is 10.6 Å². The number of halogens is 3. The number of anilines is 2. The fraction of sp³-hybridized carbons (Fsp3) is 0.167. The van der Waals surface area contributed by atoms with Crippen LogP contribution in [0.3, 0.4) is 0 Å². The first-order valence-corrected chi connectivity index (χ1v) is 10.6. The fourth-order valence-corrected chi connectivity index (χ4v) is 3.84. The van der Waals surface area contributed by atoms with E-state index in [0.717, 1.165) is 22.6 Å². The van der Waals surface area contributed by atoms with Crippen LogP contribution in [0.1, 0.15) is 28.4 Å². The largest absolute Gasteiger partial charge is 0.416 e. The van der Waals surface area contributed by atoms with Gasteiger partial charge < -0.3 is 10.6 Å². The van der Waals surface area contributed by atoms with E-state index in [4.69, 9.17) is 0 Å². The number of carbonyl (C=O) groups is 2. The van der Waals surface area contributed by atoms with Gasteiger partial charge in [0, 0.05) is 21.8 Å². The van der Waals surface area contributed by atoms with Crippen LogP contribution in [0.25, 0.3) is 0 Å². The van der Waals surface area contributed by atoms with Crippen molar-refractivity contribution >= 4 is 35.0 Å². The van der Waals surface area contributed by atoms with Crippen molar-refractivity contribution in [3.63, 3.8) is 0 Å². The summed E-state index contributed by atoms with van der Waals surface area (Å²) < 4.78 is 38.6. The average Bonchev–Trinajstić information content (AvgIpc) is 2.73. The Balaban J connectivity index is 1.63. The van der Waals surface area contributed by atoms with Gasteiger partial charge in [0.05, 0.1) is 10.8 Å². The zero-order valence-electron chi connectivity index (χ0n) is 17.4. The molecule has 0 bridgehead atoms. The summed E-state index contributed by atoms with van der Waals surface area (Å²) >= 11 is 1.23. The molecule has 0 aliphatic rings. The van der Waals surface area contributed by atoms with Crippen LogP contribution in [-0.4, -0.2) is 17.1 Å². The molecule has 0 aliphatic carbocycles. The second kappa shape index (κ2) is 9.91. The van der Waals surface area contributed by atoms with Crippen molar-refractivity contribution in [3.8, 4) is 0 Å². The number of carbonyl (C=O) groups excluding carboxylic acids is 2. The second-order valence-corrected chi connectivity index (χ2v) is 8.59. The van der Waals surface area contributed by atoms with E-state index in [0.29, 0.717) is 11.3 Å². The molecule has 0 fully saturated rings. The molecule has 0 spiro atoms. The topological polar surface area (TPSA) is 58.2 Å². The first-order valence-electron chi connectivity index (χ1n) is 9.75. The Bertz CT molecular complexity index is 1130. The van der Waals surface area contributed by atoms with Crippen LogP contribution in [0, 0.1) is 6.92 Å². The summed E-state index contributed by atoms with van der Waals surface area (Å²) in [5.74, 6) is -0.672. The highest BCUT2D eigenvalue weighted by Crippen LogP contribution is 2.31. The molecular formula is C24H21F3N2O2S. The number of nitrogens with one attached hydrogen (secondary N) is 2. The fourth-order valence-electron chi connectivity index (χ4n) is 2.91. The second-order valence-electron chi connectivity index (χ2n) is 7.18. The Morgan fingerprint density at radius 1 is 0.875 bits per heavy atom. The molecule has 1 atom stereocenters. The quantitative estimate of drug-likeness (QED) is 0.421. The molecule has 0 aliphatic heterocycles. The van der Waals surface area contributed by atoms with Gasteiger partial charge in [0.2, 0.25) is 5.91 Å². The maximum atomic E-state index is 12.9. The van der Waals surface area contributed by atoms with Gasteiger partial charge in [0.1, 0.15) is 0 Å². The summed E-state index contributed by atoms with van der Waals surface area (Å²) in [6, 6.07) is 18.8. The standard InChI is InChI=1S/C24H21F3N2O2S/c1-15-6-3-7-17(12-15)23(31)29-20-10-5-11-21(14-20)32-16(2)22(30)28-19-9-4-8-18(13-19)24(25,26)27/h3-14,16H,1-2H3,(H,28,30)(H,29,31). The molecule has 0 radical (unpaired) electrons. The van der Waals surface area contributed by atoms with Crippen molar-refractivity contribution in [2.45, 2.75) is 30.2 Å². The van der Waals surface area contributed by atoms with Crippen molar-refractivity contribution < 1.29 is 22.8 Å². The molecule has 3 rings (SSSR count). The molecule has 1 unspecified atom stereocenters. The summed E-state index contributed by atoms with van der Waals surface area (Å²) in [5.41, 5.74) is 1.34. The number of alkyl halides is 3. The molecule has 32 heavy (non-hydrogen) atoms. The van der Waals surface area contributed by atoms with E-state index in [1.54, 1.807) is 49.4 Å². The molecule has 0 saturated carbocycles. The summed E-state index contributed by atoms with van der Waals surface area (Å²) in [6.45, 7) is 3.56. The smallest absolute Gasteiger partial charge is 0.325 e. The van der Waals surface area contributed by atoms with Gasteiger partial charge in [-0.2, -0.15) is 13.2 Å². The van der Waals surface area contributed by atoms with E-state index >= 15 is 0 Å². The van der Waals surface area contributed by atoms with Gasteiger partial charge in [-0.25, -0.2) is 0 Å². The summed E-state index contributed by atoms with van der Waals surface area (Å²) in [7, 11) is 0. The van der Waals surface area contributed by atoms with Gasteiger partial charge in [0.15, 0.2) is 0 Å². The SMILES string of the molecule is Cc1cccc(C(=O)Nc2cccc(SC(C)C(=O)Nc3cccc(C(F)(F)F)c3)c2)c1. The molecule has 3 aromatic carbocycles. The monoisotopic (exact) mass is 458 g/mol. The van der Waals surface area contributed by atoms with Gasteiger partial charge in [-0.15, -0.1) is 11.8 Å². The number of thioether (sulfide) groups is 1. The lowest BCUT2D eigenvalue weighted by Gasteiger charge is -2.14. The van der Waals surface area contributed by atoms with Crippen LogP contribution in [-0.2, 0) is 11.0 Å². The zero-order valence-corrected chi connectivity index (χ0v) is 18.2. The Kier molecular flexibility index (Phi) is 7.25. The molecule has 2 N–H and O–H groups in total. The van der Waals surface area contributed by atoms with Crippen LogP contribution < -0.4 is 10.6 Å². The lowest BCUT2D eigenvalue weighted by molar-refractivity contribution is -0.137. The molecule has 2 amide bonds. The van der Waals surface area contributed by atoms with Gasteiger partial charge in [-0.05, 0) is 62.4 Å². The molecule has 4 nitrogen and oxygen atoms in total. The number of hydrogen-bond acceptors (Lipinski definition) is 3. The van der Waals surface area contributed by atoms with Crippen molar-refractivity contribution in [1.29, 1.82) is 0 Å². The number of benzene rings is 3. The molecule has 0 aromatic heterocycles. The first-order chi connectivity index (χ1) is 15.1. The highest BCUT2D eigenvalue weighted by molar-refractivity contribution is 8.00. The Morgan fingerprint density at radius 2 is 1.53 bits per heavy atom. The predicted octanol–water partition coefficient (Wildman–Crippen LogP) is 6.39. The molecule has 8 heteroatoms. The van der Waals surface area contributed by atoms with Crippen LogP contribution in [0.4, 0.5) is 24.5 Å². The number of aryl methyl sites for hydroxylation is 1. The van der Waals surface area contributed by atoms with Crippen molar-refractivity contribution in [3.05, 3.63) is 89.5 Å². The van der Waals surface area contributed by atoms with E-state index in [9.17, 15) is 22.8 Å². The van der Waals surface area contributed by atoms with Gasteiger partial charge in [-0.1, -0.05) is 29.8 Å². The molecule has 3 aromatic rings. The van der Waals surface area contributed by atoms with Crippen LogP contribution in [0.2, 0.25) is 0 Å². The molecule has 0 heterocycles. The third kappa shape index (κ3) is 6.37. The van der Waals surface area contributed by atoms with Crippen LogP contribution >= 0.6 is 11.8 Å². The molecule has 0 saturated heterocycles.